The third-order valence-electron chi connectivity index (χ3n) is 1.00. The molecule has 2 N–H and O–H groups in total. The highest BCUT2D eigenvalue weighted by Gasteiger charge is 1.91. The van der Waals surface area contributed by atoms with E-state index in [0.29, 0.717) is 5.69 Å². The van der Waals surface area contributed by atoms with E-state index in [-0.39, 0.29) is 0 Å². The standard InChI is InChI=1S/C6H6N2OS/c7-5-2-1-3-6(4-5)10-8-9/h1-4H,7H2. The number of hydrogen-bond acceptors (Lipinski definition) is 4. The van der Waals surface area contributed by atoms with Crippen molar-refractivity contribution < 1.29 is 0 Å². The molecule has 0 saturated carbocycles. The van der Waals surface area contributed by atoms with Crippen molar-refractivity contribution >= 4 is 17.6 Å². The number of nitrogen functional groups attached to an aromatic ring is 1. The minimum atomic E-state index is 0.647. The molecule has 3 nitrogen and oxygen atoms in total. The first-order valence-electron chi connectivity index (χ1n) is 2.68. The van der Waals surface area contributed by atoms with Crippen molar-refractivity contribution in [2.75, 3.05) is 5.73 Å². The quantitative estimate of drug-likeness (QED) is 0.403. The summed E-state index contributed by atoms with van der Waals surface area (Å²) >= 11 is 0.879. The van der Waals surface area contributed by atoms with Crippen LogP contribution in [0.1, 0.15) is 0 Å². The summed E-state index contributed by atoms with van der Waals surface area (Å²) in [4.78, 5) is 10.5. The lowest BCUT2D eigenvalue weighted by Crippen LogP contribution is -1.82. The van der Waals surface area contributed by atoms with Gasteiger partial charge in [-0.25, -0.2) is 0 Å². The van der Waals surface area contributed by atoms with Gasteiger partial charge < -0.3 is 5.73 Å². The number of anilines is 1. The van der Waals surface area contributed by atoms with Crippen LogP contribution in [0, 0.1) is 4.91 Å². The second kappa shape index (κ2) is 3.22. The summed E-state index contributed by atoms with van der Waals surface area (Å²) < 4.78 is 2.66. The second-order valence-corrected chi connectivity index (χ2v) is 2.54. The number of nitroso groups, excluding NO2 is 1. The highest BCUT2D eigenvalue weighted by Crippen LogP contribution is 2.19. The summed E-state index contributed by atoms with van der Waals surface area (Å²) in [6.07, 6.45) is 0. The van der Waals surface area contributed by atoms with Crippen molar-refractivity contribution in [2.45, 2.75) is 4.90 Å². The van der Waals surface area contributed by atoms with Crippen molar-refractivity contribution in [3.63, 3.8) is 0 Å². The normalized spacial score (nSPS) is 9.20. The monoisotopic (exact) mass is 154 g/mol. The predicted molar refractivity (Wildman–Crippen MR) is 42.5 cm³/mol. The van der Waals surface area contributed by atoms with E-state index in [0.717, 1.165) is 16.8 Å². The summed E-state index contributed by atoms with van der Waals surface area (Å²) in [5, 5.41) is 0. The SMILES string of the molecule is Nc1cccc(SN=O)c1. The van der Waals surface area contributed by atoms with Gasteiger partial charge in [0.25, 0.3) is 0 Å². The molecular formula is C6H6N2OS. The molecule has 0 aliphatic heterocycles. The molecule has 1 aromatic carbocycles. The van der Waals surface area contributed by atoms with Gasteiger partial charge in [-0.15, -0.1) is 4.91 Å². The van der Waals surface area contributed by atoms with Crippen molar-refractivity contribution in [1.29, 1.82) is 0 Å². The summed E-state index contributed by atoms with van der Waals surface area (Å²) in [6.45, 7) is 0. The molecule has 0 heterocycles. The highest BCUT2D eigenvalue weighted by molar-refractivity contribution is 7.98. The first-order chi connectivity index (χ1) is 4.83. The van der Waals surface area contributed by atoms with Gasteiger partial charge in [-0.1, -0.05) is 6.07 Å². The van der Waals surface area contributed by atoms with E-state index in [1.165, 1.54) is 0 Å². The first kappa shape index (κ1) is 7.08. The Morgan fingerprint density at radius 2 is 2.30 bits per heavy atom. The number of rotatable bonds is 2. The van der Waals surface area contributed by atoms with Gasteiger partial charge in [-0.3, -0.25) is 0 Å². The molecule has 4 heteroatoms. The Balaban J connectivity index is 2.84. The smallest absolute Gasteiger partial charge is 0.0571 e. The fraction of sp³-hybridized carbons (Fsp3) is 0. The van der Waals surface area contributed by atoms with Crippen LogP contribution in [0.4, 0.5) is 5.69 Å². The molecule has 0 saturated heterocycles. The maximum atomic E-state index is 9.76. The zero-order chi connectivity index (χ0) is 7.40. The summed E-state index contributed by atoms with van der Waals surface area (Å²) in [5.41, 5.74) is 6.08. The molecule has 0 aliphatic carbocycles. The van der Waals surface area contributed by atoms with Crippen molar-refractivity contribution in [3.05, 3.63) is 29.2 Å². The summed E-state index contributed by atoms with van der Waals surface area (Å²) in [7, 11) is 0. The van der Waals surface area contributed by atoms with Gasteiger partial charge in [-0.05, 0) is 18.2 Å². The van der Waals surface area contributed by atoms with E-state index < -0.39 is 0 Å². The van der Waals surface area contributed by atoms with E-state index in [9.17, 15) is 4.91 Å². The van der Waals surface area contributed by atoms with E-state index in [4.69, 9.17) is 5.73 Å². The minimum Gasteiger partial charge on any atom is -0.399 e. The molecule has 0 unspecified atom stereocenters. The molecule has 0 amide bonds. The number of benzene rings is 1. The maximum absolute atomic E-state index is 9.76. The molecule has 0 radical (unpaired) electrons. The lowest BCUT2D eigenvalue weighted by Gasteiger charge is -1.93. The highest BCUT2D eigenvalue weighted by atomic mass is 32.2. The zero-order valence-electron chi connectivity index (χ0n) is 5.15. The lowest BCUT2D eigenvalue weighted by molar-refractivity contribution is 1.46. The van der Waals surface area contributed by atoms with Crippen molar-refractivity contribution in [2.24, 2.45) is 4.58 Å². The molecule has 0 aliphatic rings. The Labute approximate surface area is 62.7 Å². The third kappa shape index (κ3) is 1.73. The van der Waals surface area contributed by atoms with E-state index >= 15 is 0 Å². The Morgan fingerprint density at radius 3 is 2.90 bits per heavy atom. The molecule has 1 rings (SSSR count). The fourth-order valence-electron chi connectivity index (χ4n) is 0.614. The van der Waals surface area contributed by atoms with Crippen LogP contribution in [0.15, 0.2) is 33.7 Å². The van der Waals surface area contributed by atoms with Gasteiger partial charge in [0.15, 0.2) is 0 Å². The van der Waals surface area contributed by atoms with Crippen LogP contribution in [0.2, 0.25) is 0 Å². The average molecular weight is 154 g/mol. The largest absolute Gasteiger partial charge is 0.399 e. The van der Waals surface area contributed by atoms with Crippen LogP contribution in [0.25, 0.3) is 0 Å². The first-order valence-corrected chi connectivity index (χ1v) is 3.45. The number of nitrogens with two attached hydrogens (primary N) is 1. The van der Waals surface area contributed by atoms with Crippen LogP contribution in [0.3, 0.4) is 0 Å². The molecular weight excluding hydrogens is 148 g/mol. The molecule has 0 spiro atoms. The molecule has 52 valence electrons. The van der Waals surface area contributed by atoms with Gasteiger partial charge >= 0.3 is 0 Å². The Kier molecular flexibility index (Phi) is 2.28. The van der Waals surface area contributed by atoms with Gasteiger partial charge in [-0.2, -0.15) is 0 Å². The molecule has 0 atom stereocenters. The van der Waals surface area contributed by atoms with Gasteiger partial charge in [0.1, 0.15) is 0 Å². The predicted octanol–water partition coefficient (Wildman–Crippen LogP) is 2.04. The zero-order valence-corrected chi connectivity index (χ0v) is 5.97. The summed E-state index contributed by atoms with van der Waals surface area (Å²) in [5.74, 6) is 0. The van der Waals surface area contributed by atoms with E-state index in [1.54, 1.807) is 24.3 Å². The van der Waals surface area contributed by atoms with E-state index in [1.807, 2.05) is 0 Å². The fourth-order valence-corrected chi connectivity index (χ4v) is 1.03. The van der Waals surface area contributed by atoms with Crippen molar-refractivity contribution in [1.82, 2.24) is 0 Å². The Bertz CT molecular complexity index is 239. The van der Waals surface area contributed by atoms with Crippen LogP contribution in [-0.2, 0) is 0 Å². The number of nitrogens with zero attached hydrogens (tertiary/aromatic N) is 1. The van der Waals surface area contributed by atoms with Gasteiger partial charge in [0.05, 0.1) is 11.9 Å². The Morgan fingerprint density at radius 1 is 1.50 bits per heavy atom. The maximum Gasteiger partial charge on any atom is 0.0571 e. The Hall–Kier alpha value is -1.03. The van der Waals surface area contributed by atoms with Crippen LogP contribution in [0.5, 0.6) is 0 Å². The lowest BCUT2D eigenvalue weighted by atomic mass is 10.3. The molecule has 10 heavy (non-hydrogen) atoms. The molecule has 1 aromatic rings. The second-order valence-electron chi connectivity index (χ2n) is 1.74. The molecule has 0 aromatic heterocycles. The van der Waals surface area contributed by atoms with Crippen LogP contribution < -0.4 is 5.73 Å². The average Bonchev–Trinajstić information content (AvgIpc) is 1.88. The minimum absolute atomic E-state index is 0.647. The molecule has 0 bridgehead atoms. The third-order valence-corrected chi connectivity index (χ3v) is 1.54. The van der Waals surface area contributed by atoms with Crippen LogP contribution in [-0.4, -0.2) is 0 Å². The topological polar surface area (TPSA) is 55.4 Å². The van der Waals surface area contributed by atoms with Gasteiger partial charge in [0, 0.05) is 15.2 Å². The van der Waals surface area contributed by atoms with Gasteiger partial charge in [0.2, 0.25) is 0 Å². The van der Waals surface area contributed by atoms with Crippen molar-refractivity contribution in [3.8, 4) is 0 Å². The van der Waals surface area contributed by atoms with E-state index in [2.05, 4.69) is 4.58 Å². The number of hydrogen-bond donors (Lipinski definition) is 1. The molecule has 0 fully saturated rings. The van der Waals surface area contributed by atoms with Crippen LogP contribution >= 0.6 is 11.9 Å². The summed E-state index contributed by atoms with van der Waals surface area (Å²) in [6, 6.07) is 7.02.